The topological polar surface area (TPSA) is 111 Å². The van der Waals surface area contributed by atoms with Gasteiger partial charge in [0.05, 0.1) is 33.8 Å². The lowest BCUT2D eigenvalue weighted by Crippen LogP contribution is -2.47. The molecule has 0 aliphatic carbocycles. The SMILES string of the molecule is CCCCC/C=C\C/C=C\C/C=C\C/C=C\CCCC(=O)NC(COP(=O)(O)OCC[N+](C)(C)C)C(/C=C\CCCCCCCCCCCC)OC(=O)CCCCCCCCCCCCCCC/C=C/CCCCCCCC. The van der Waals surface area contributed by atoms with E-state index in [4.69, 9.17) is 13.8 Å². The molecule has 0 aliphatic rings. The van der Waals surface area contributed by atoms with Crippen LogP contribution in [0.2, 0.25) is 0 Å². The number of carbonyl (C=O) groups is 2. The molecule has 3 atom stereocenters. The summed E-state index contributed by atoms with van der Waals surface area (Å²) in [6, 6.07) is -0.878. The zero-order chi connectivity index (χ0) is 57.2. The molecule has 0 heterocycles. The molecule has 0 aliphatic heterocycles. The van der Waals surface area contributed by atoms with Gasteiger partial charge in [-0.2, -0.15) is 0 Å². The first kappa shape index (κ1) is 75.5. The van der Waals surface area contributed by atoms with Gasteiger partial charge >= 0.3 is 13.8 Å². The third kappa shape index (κ3) is 58.1. The zero-order valence-electron chi connectivity index (χ0n) is 51.9. The highest BCUT2D eigenvalue weighted by molar-refractivity contribution is 7.47. The van der Waals surface area contributed by atoms with Gasteiger partial charge in [0.1, 0.15) is 19.3 Å². The van der Waals surface area contributed by atoms with Crippen LogP contribution in [0.4, 0.5) is 0 Å². The number of rotatable bonds is 59. The molecule has 0 fully saturated rings. The van der Waals surface area contributed by atoms with Crippen molar-refractivity contribution >= 4 is 19.7 Å². The Labute approximate surface area is 483 Å². The number of allylic oxidation sites excluding steroid dienone is 11. The monoisotopic (exact) mass is 1110 g/mol. The molecular weight excluding hydrogens is 988 g/mol. The van der Waals surface area contributed by atoms with Gasteiger partial charge in [-0.25, -0.2) is 4.57 Å². The number of carbonyl (C=O) groups excluding carboxylic acids is 2. The molecule has 0 aromatic rings. The number of nitrogens with zero attached hydrogens (tertiary/aromatic N) is 1. The van der Waals surface area contributed by atoms with Crippen LogP contribution in [0.5, 0.6) is 0 Å². The molecule has 0 saturated heterocycles. The average Bonchev–Trinajstić information content (AvgIpc) is 3.40. The first-order chi connectivity index (χ1) is 37.9. The largest absolute Gasteiger partial charge is 0.472 e. The molecule has 454 valence electrons. The number of hydrogen-bond acceptors (Lipinski definition) is 6. The van der Waals surface area contributed by atoms with Crippen LogP contribution in [0.15, 0.2) is 72.9 Å². The zero-order valence-corrected chi connectivity index (χ0v) is 52.8. The van der Waals surface area contributed by atoms with Crippen LogP contribution in [0.3, 0.4) is 0 Å². The number of nitrogens with one attached hydrogen (secondary N) is 1. The standard InChI is InChI=1S/C68H125N2O7P/c1-7-10-13-16-19-22-25-28-30-32-33-34-35-36-37-39-41-43-46-49-52-55-58-61-68(72)77-66(59-56-53-50-47-44-27-24-21-18-15-12-9-3)65(64-76-78(73,74)75-63-62-70(4,5)6)69-67(71)60-57-54-51-48-45-42-40-38-31-29-26-23-20-17-14-11-8-2/h20,23,28-31,40,42,48,51,56,59,65-66H,7-19,21-22,24-27,32-39,41,43-47,49-50,52-55,57-58,60-64H2,1-6H3,(H-,69,71,73,74)/p+1/b23-20-,30-28+,31-29-,42-40-,51-48-,59-56-. The van der Waals surface area contributed by atoms with Gasteiger partial charge in [0, 0.05) is 12.8 Å². The van der Waals surface area contributed by atoms with E-state index in [1.807, 2.05) is 33.3 Å². The number of ether oxygens (including phenoxy) is 1. The lowest BCUT2D eigenvalue weighted by molar-refractivity contribution is -0.870. The highest BCUT2D eigenvalue weighted by Crippen LogP contribution is 2.43. The maximum absolute atomic E-state index is 13.5. The number of phosphoric acid groups is 1. The van der Waals surface area contributed by atoms with Crippen LogP contribution in [0.25, 0.3) is 0 Å². The summed E-state index contributed by atoms with van der Waals surface area (Å²) in [5.74, 6) is -0.565. The Balaban J connectivity index is 5.22. The summed E-state index contributed by atoms with van der Waals surface area (Å²) in [6.07, 6.45) is 74.9. The number of amides is 1. The van der Waals surface area contributed by atoms with Crippen LogP contribution in [0.1, 0.15) is 297 Å². The van der Waals surface area contributed by atoms with Crippen LogP contribution in [0, 0.1) is 0 Å². The molecule has 0 aromatic carbocycles. The van der Waals surface area contributed by atoms with Crippen LogP contribution in [-0.2, 0) is 27.9 Å². The third-order valence-corrected chi connectivity index (χ3v) is 15.4. The summed E-state index contributed by atoms with van der Waals surface area (Å²) in [4.78, 5) is 37.7. The smallest absolute Gasteiger partial charge is 0.456 e. The third-order valence-electron chi connectivity index (χ3n) is 14.4. The molecule has 3 unspecified atom stereocenters. The van der Waals surface area contributed by atoms with Crippen molar-refractivity contribution in [2.75, 3.05) is 40.9 Å². The summed E-state index contributed by atoms with van der Waals surface area (Å²) >= 11 is 0. The summed E-state index contributed by atoms with van der Waals surface area (Å²) in [6.45, 7) is 6.95. The fourth-order valence-corrected chi connectivity index (χ4v) is 10.0. The van der Waals surface area contributed by atoms with Crippen molar-refractivity contribution in [1.29, 1.82) is 0 Å². The Morgan fingerprint density at radius 1 is 0.449 bits per heavy atom. The maximum atomic E-state index is 13.5. The Morgan fingerprint density at radius 3 is 1.23 bits per heavy atom. The van der Waals surface area contributed by atoms with E-state index in [0.29, 0.717) is 17.4 Å². The molecule has 0 bridgehead atoms. The van der Waals surface area contributed by atoms with Crippen molar-refractivity contribution in [3.63, 3.8) is 0 Å². The summed E-state index contributed by atoms with van der Waals surface area (Å²) in [5, 5.41) is 3.03. The maximum Gasteiger partial charge on any atom is 0.472 e. The number of likely N-dealkylation sites (N-methyl/N-ethyl adjacent to an activating group) is 1. The van der Waals surface area contributed by atoms with E-state index < -0.39 is 20.0 Å². The quantitative estimate of drug-likeness (QED) is 0.0205. The minimum atomic E-state index is -4.47. The minimum Gasteiger partial charge on any atom is -0.456 e. The predicted octanol–water partition coefficient (Wildman–Crippen LogP) is 20.4. The van der Waals surface area contributed by atoms with Gasteiger partial charge in [-0.05, 0) is 96.0 Å². The molecule has 9 nitrogen and oxygen atoms in total. The lowest BCUT2D eigenvalue weighted by atomic mass is 10.0. The fourth-order valence-electron chi connectivity index (χ4n) is 9.28. The summed E-state index contributed by atoms with van der Waals surface area (Å²) in [5.41, 5.74) is 0. The van der Waals surface area contributed by atoms with E-state index in [9.17, 15) is 19.0 Å². The molecule has 0 saturated carbocycles. The van der Waals surface area contributed by atoms with Crippen molar-refractivity contribution in [1.82, 2.24) is 5.32 Å². The normalized spacial score (nSPS) is 14.1. The molecule has 1 amide bonds. The van der Waals surface area contributed by atoms with Crippen LogP contribution in [-0.4, -0.2) is 74.3 Å². The van der Waals surface area contributed by atoms with E-state index >= 15 is 0 Å². The molecule has 0 aromatic heterocycles. The van der Waals surface area contributed by atoms with Gasteiger partial charge in [-0.1, -0.05) is 261 Å². The number of quaternary nitrogens is 1. The number of phosphoric ester groups is 1. The summed E-state index contributed by atoms with van der Waals surface area (Å²) < 4.78 is 30.7. The summed E-state index contributed by atoms with van der Waals surface area (Å²) in [7, 11) is 1.46. The van der Waals surface area contributed by atoms with Gasteiger partial charge < -0.3 is 19.4 Å². The van der Waals surface area contributed by atoms with Crippen molar-refractivity contribution in [3.8, 4) is 0 Å². The Bertz CT molecular complexity index is 1570. The van der Waals surface area contributed by atoms with E-state index in [0.717, 1.165) is 64.2 Å². The second-order valence-electron chi connectivity index (χ2n) is 23.3. The Morgan fingerprint density at radius 2 is 0.795 bits per heavy atom. The number of esters is 1. The molecule has 10 heteroatoms. The predicted molar refractivity (Wildman–Crippen MR) is 337 cm³/mol. The van der Waals surface area contributed by atoms with E-state index in [-0.39, 0.29) is 37.9 Å². The first-order valence-electron chi connectivity index (χ1n) is 32.8. The number of hydrogen-bond donors (Lipinski definition) is 2. The van der Waals surface area contributed by atoms with E-state index in [2.05, 4.69) is 86.8 Å². The van der Waals surface area contributed by atoms with Crippen molar-refractivity contribution in [2.45, 2.75) is 309 Å². The Kier molecular flexibility index (Phi) is 55.8. The van der Waals surface area contributed by atoms with Gasteiger partial charge in [0.2, 0.25) is 5.91 Å². The second kappa shape index (κ2) is 57.7. The molecule has 0 spiro atoms. The second-order valence-corrected chi connectivity index (χ2v) is 24.7. The average molecular weight is 1110 g/mol. The van der Waals surface area contributed by atoms with Gasteiger partial charge in [-0.3, -0.25) is 18.6 Å². The highest BCUT2D eigenvalue weighted by Gasteiger charge is 2.30. The first-order valence-corrected chi connectivity index (χ1v) is 34.3. The van der Waals surface area contributed by atoms with E-state index in [1.54, 1.807) is 0 Å². The van der Waals surface area contributed by atoms with Crippen molar-refractivity contribution in [2.24, 2.45) is 0 Å². The van der Waals surface area contributed by atoms with Crippen LogP contribution < -0.4 is 5.32 Å². The van der Waals surface area contributed by atoms with Gasteiger partial charge in [0.15, 0.2) is 0 Å². The molecule has 78 heavy (non-hydrogen) atoms. The van der Waals surface area contributed by atoms with E-state index in [1.165, 1.54) is 193 Å². The molecule has 2 N–H and O–H groups in total. The highest BCUT2D eigenvalue weighted by atomic mass is 31.2. The van der Waals surface area contributed by atoms with Gasteiger partial charge in [-0.15, -0.1) is 0 Å². The molecular formula is C68H126N2O7P+. The molecule has 0 rings (SSSR count). The molecule has 0 radical (unpaired) electrons. The number of unbranched alkanes of at least 4 members (excludes halogenated alkanes) is 33. The van der Waals surface area contributed by atoms with Crippen molar-refractivity contribution in [3.05, 3.63) is 72.9 Å². The minimum absolute atomic E-state index is 0.0287. The lowest BCUT2D eigenvalue weighted by Gasteiger charge is -2.27. The van der Waals surface area contributed by atoms with Crippen molar-refractivity contribution < 1.29 is 37.3 Å². The fraction of sp³-hybridized carbons (Fsp3) is 0.794. The van der Waals surface area contributed by atoms with Gasteiger partial charge in [0.25, 0.3) is 0 Å². The Hall–Kier alpha value is -2.55. The van der Waals surface area contributed by atoms with Crippen LogP contribution >= 0.6 is 7.82 Å².